The molecule has 6 atom stereocenters. The van der Waals surface area contributed by atoms with Gasteiger partial charge in [-0.1, -0.05) is 24.6 Å². The van der Waals surface area contributed by atoms with Gasteiger partial charge in [-0.25, -0.2) is 0 Å². The maximum absolute atomic E-state index is 12.1. The van der Waals surface area contributed by atoms with Crippen LogP contribution in [0.1, 0.15) is 77.7 Å². The molecule has 0 aromatic carbocycles. The molecule has 34 heavy (non-hydrogen) atoms. The zero-order valence-corrected chi connectivity index (χ0v) is 20.8. The molecule has 1 aromatic heterocycles. The Morgan fingerprint density at radius 1 is 1.12 bits per heavy atom. The van der Waals surface area contributed by atoms with Gasteiger partial charge in [0.2, 0.25) is 0 Å². The molecule has 5 rings (SSSR count). The van der Waals surface area contributed by atoms with Crippen molar-refractivity contribution in [3.63, 3.8) is 0 Å². The molecule has 1 amide bonds. The van der Waals surface area contributed by atoms with Gasteiger partial charge < -0.3 is 15.3 Å². The second-order valence-electron chi connectivity index (χ2n) is 11.8. The summed E-state index contributed by atoms with van der Waals surface area (Å²) in [7, 11) is 0. The number of amides is 1. The number of oxime groups is 1. The fraction of sp³-hybridized carbons (Fsp3) is 0.679. The standard InChI is InChI=1S/C28H39N3O3/c1-26-11-6-21(31-34-18-25(32)30-17-19-9-14-29-15-10-19)16-20(26)4-5-22-23(26)7-12-27(2)24(22)8-13-28(27,3)33/h9-10,14-16,22-24,33H,4-8,11-13,17-18H2,1-3H3,(H,30,32)/b31-21-/t22-,23?,24?,26+,27+,28+/m1/s1. The number of aromatic nitrogens is 1. The fourth-order valence-corrected chi connectivity index (χ4v) is 7.81. The summed E-state index contributed by atoms with van der Waals surface area (Å²) >= 11 is 0. The molecule has 0 bridgehead atoms. The summed E-state index contributed by atoms with van der Waals surface area (Å²) in [5, 5.41) is 18.3. The first-order valence-electron chi connectivity index (χ1n) is 13.0. The number of hydrogen-bond acceptors (Lipinski definition) is 5. The van der Waals surface area contributed by atoms with E-state index in [0.717, 1.165) is 43.4 Å². The van der Waals surface area contributed by atoms with Crippen molar-refractivity contribution < 1.29 is 14.7 Å². The average Bonchev–Trinajstić information content (AvgIpc) is 3.07. The van der Waals surface area contributed by atoms with Gasteiger partial charge >= 0.3 is 0 Å². The molecule has 0 saturated heterocycles. The van der Waals surface area contributed by atoms with Crippen molar-refractivity contribution in [3.8, 4) is 0 Å². The minimum Gasteiger partial charge on any atom is -0.390 e. The van der Waals surface area contributed by atoms with Gasteiger partial charge in [-0.15, -0.1) is 0 Å². The monoisotopic (exact) mass is 465 g/mol. The van der Waals surface area contributed by atoms with E-state index >= 15 is 0 Å². The first-order valence-corrected chi connectivity index (χ1v) is 13.0. The van der Waals surface area contributed by atoms with Gasteiger partial charge in [0, 0.05) is 18.9 Å². The first-order chi connectivity index (χ1) is 16.2. The highest BCUT2D eigenvalue weighted by Gasteiger charge is 2.62. The molecule has 2 unspecified atom stereocenters. The normalized spacial score (nSPS) is 40.1. The molecule has 1 aromatic rings. The Kier molecular flexibility index (Phi) is 6.07. The summed E-state index contributed by atoms with van der Waals surface area (Å²) in [4.78, 5) is 21.5. The number of pyridine rings is 1. The molecule has 2 N–H and O–H groups in total. The van der Waals surface area contributed by atoms with Crippen molar-refractivity contribution in [1.29, 1.82) is 0 Å². The van der Waals surface area contributed by atoms with Crippen molar-refractivity contribution >= 4 is 11.6 Å². The molecule has 184 valence electrons. The van der Waals surface area contributed by atoms with Crippen molar-refractivity contribution in [2.75, 3.05) is 6.61 Å². The van der Waals surface area contributed by atoms with Crippen LogP contribution < -0.4 is 5.32 Å². The molecule has 0 aliphatic heterocycles. The third-order valence-corrected chi connectivity index (χ3v) is 10.2. The molecule has 4 aliphatic carbocycles. The number of aliphatic hydroxyl groups is 1. The minimum absolute atomic E-state index is 0.0683. The Balaban J connectivity index is 1.20. The lowest BCUT2D eigenvalue weighted by molar-refractivity contribution is -0.125. The van der Waals surface area contributed by atoms with Crippen LogP contribution in [0.25, 0.3) is 0 Å². The summed E-state index contributed by atoms with van der Waals surface area (Å²) in [6, 6.07) is 3.76. The maximum atomic E-state index is 12.1. The van der Waals surface area contributed by atoms with Gasteiger partial charge in [-0.3, -0.25) is 9.78 Å². The SMILES string of the molecule is C[C@]12CC/C(=N/OCC(=O)NCc3ccncc3)C=C1CC[C@@H]1C2CC[C@@]2(C)C1CC[C@]2(C)O. The third kappa shape index (κ3) is 3.98. The first kappa shape index (κ1) is 23.5. The molecule has 1 heterocycles. The summed E-state index contributed by atoms with van der Waals surface area (Å²) in [6.07, 6.45) is 14.5. The maximum Gasteiger partial charge on any atom is 0.261 e. The highest BCUT2D eigenvalue weighted by molar-refractivity contribution is 5.96. The summed E-state index contributed by atoms with van der Waals surface area (Å²) in [5.74, 6) is 1.88. The van der Waals surface area contributed by atoms with E-state index in [9.17, 15) is 9.90 Å². The van der Waals surface area contributed by atoms with Crippen LogP contribution in [0.5, 0.6) is 0 Å². The van der Waals surface area contributed by atoms with Crippen LogP contribution in [-0.4, -0.2) is 33.9 Å². The van der Waals surface area contributed by atoms with E-state index in [0.29, 0.717) is 24.3 Å². The Bertz CT molecular complexity index is 988. The van der Waals surface area contributed by atoms with Crippen molar-refractivity contribution in [2.45, 2.75) is 84.3 Å². The van der Waals surface area contributed by atoms with E-state index in [-0.39, 0.29) is 23.3 Å². The number of hydrogen-bond donors (Lipinski definition) is 2. The molecule has 3 saturated carbocycles. The number of carbonyl (C=O) groups is 1. The number of nitrogens with zero attached hydrogens (tertiary/aromatic N) is 2. The van der Waals surface area contributed by atoms with Crippen LogP contribution in [-0.2, 0) is 16.2 Å². The van der Waals surface area contributed by atoms with Gasteiger partial charge in [0.25, 0.3) is 5.91 Å². The molecular formula is C28H39N3O3. The zero-order valence-electron chi connectivity index (χ0n) is 20.8. The van der Waals surface area contributed by atoms with E-state index in [1.807, 2.05) is 12.1 Å². The largest absolute Gasteiger partial charge is 0.390 e. The quantitative estimate of drug-likeness (QED) is 0.613. The second kappa shape index (κ2) is 8.78. The van der Waals surface area contributed by atoms with Crippen molar-refractivity contribution in [1.82, 2.24) is 10.3 Å². The fourth-order valence-electron chi connectivity index (χ4n) is 7.81. The lowest BCUT2D eigenvalue weighted by atomic mass is 9.46. The minimum atomic E-state index is -0.520. The van der Waals surface area contributed by atoms with Crippen LogP contribution in [0, 0.1) is 28.6 Å². The predicted octanol–water partition coefficient (Wildman–Crippen LogP) is 4.78. The van der Waals surface area contributed by atoms with Gasteiger partial charge in [-0.05, 0) is 111 Å². The molecule has 0 radical (unpaired) electrons. The van der Waals surface area contributed by atoms with Crippen LogP contribution in [0.4, 0.5) is 0 Å². The average molecular weight is 466 g/mol. The molecule has 4 aliphatic rings. The van der Waals surface area contributed by atoms with Crippen LogP contribution in [0.3, 0.4) is 0 Å². The smallest absolute Gasteiger partial charge is 0.261 e. The number of rotatable bonds is 5. The van der Waals surface area contributed by atoms with Crippen LogP contribution >= 0.6 is 0 Å². The Morgan fingerprint density at radius 2 is 1.88 bits per heavy atom. The lowest BCUT2D eigenvalue weighted by Crippen LogP contribution is -2.53. The number of carbonyl (C=O) groups excluding carboxylic acids is 1. The second-order valence-corrected chi connectivity index (χ2v) is 11.8. The summed E-state index contributed by atoms with van der Waals surface area (Å²) in [6.45, 7) is 7.29. The van der Waals surface area contributed by atoms with Crippen LogP contribution in [0.2, 0.25) is 0 Å². The van der Waals surface area contributed by atoms with Crippen molar-refractivity contribution in [3.05, 3.63) is 41.7 Å². The van der Waals surface area contributed by atoms with E-state index in [1.54, 1.807) is 12.4 Å². The van der Waals surface area contributed by atoms with Gasteiger partial charge in [0.05, 0.1) is 11.3 Å². The number of allylic oxidation sites excluding steroid dienone is 2. The number of fused-ring (bicyclic) bond motifs is 5. The van der Waals surface area contributed by atoms with E-state index in [4.69, 9.17) is 4.84 Å². The van der Waals surface area contributed by atoms with Gasteiger partial charge in [0.15, 0.2) is 6.61 Å². The van der Waals surface area contributed by atoms with E-state index < -0.39 is 5.60 Å². The molecule has 0 spiro atoms. The summed E-state index contributed by atoms with van der Waals surface area (Å²) < 4.78 is 0. The van der Waals surface area contributed by atoms with E-state index in [1.165, 1.54) is 24.8 Å². The highest BCUT2D eigenvalue weighted by Crippen LogP contribution is 2.67. The number of nitrogens with one attached hydrogen (secondary N) is 1. The predicted molar refractivity (Wildman–Crippen MR) is 132 cm³/mol. The highest BCUT2D eigenvalue weighted by atomic mass is 16.6. The Morgan fingerprint density at radius 3 is 2.68 bits per heavy atom. The third-order valence-electron chi connectivity index (χ3n) is 10.2. The van der Waals surface area contributed by atoms with Gasteiger partial charge in [-0.2, -0.15) is 0 Å². The molecule has 6 heteroatoms. The van der Waals surface area contributed by atoms with Crippen molar-refractivity contribution in [2.24, 2.45) is 33.7 Å². The molecule has 6 nitrogen and oxygen atoms in total. The summed E-state index contributed by atoms with van der Waals surface area (Å²) in [5.41, 5.74) is 3.24. The zero-order chi connectivity index (χ0) is 24.0. The Labute approximate surface area is 203 Å². The van der Waals surface area contributed by atoms with Crippen LogP contribution in [0.15, 0.2) is 41.3 Å². The molecular weight excluding hydrogens is 426 g/mol. The molecule has 3 fully saturated rings. The Hall–Kier alpha value is -2.21. The van der Waals surface area contributed by atoms with Gasteiger partial charge in [0.1, 0.15) is 0 Å². The lowest BCUT2D eigenvalue weighted by Gasteiger charge is -2.59. The topological polar surface area (TPSA) is 83.8 Å². The van der Waals surface area contributed by atoms with E-state index in [2.05, 4.69) is 42.3 Å².